The number of benzene rings is 2. The lowest BCUT2D eigenvalue weighted by Crippen LogP contribution is -2.41. The minimum atomic E-state index is -4.49. The van der Waals surface area contributed by atoms with E-state index in [4.69, 9.17) is 0 Å². The molecule has 0 saturated carbocycles. The van der Waals surface area contributed by atoms with Crippen molar-refractivity contribution in [2.45, 2.75) is 64.3 Å². The summed E-state index contributed by atoms with van der Waals surface area (Å²) < 4.78 is 79.1. The van der Waals surface area contributed by atoms with Gasteiger partial charge in [-0.2, -0.15) is 26.3 Å². The van der Waals surface area contributed by atoms with Gasteiger partial charge < -0.3 is 5.11 Å². The van der Waals surface area contributed by atoms with Gasteiger partial charge in [0.2, 0.25) is 0 Å². The molecular weight excluding hydrogens is 484 g/mol. The molecule has 0 unspecified atom stereocenters. The Balaban J connectivity index is 2.03. The summed E-state index contributed by atoms with van der Waals surface area (Å²) in [6.07, 6.45) is -7.50. The number of hydrogen-bond acceptors (Lipinski definition) is 2. The monoisotopic (exact) mass is 515 g/mol. The first-order chi connectivity index (χ1) is 16.8. The van der Waals surface area contributed by atoms with Crippen LogP contribution in [0.4, 0.5) is 26.3 Å². The van der Waals surface area contributed by atoms with Gasteiger partial charge in [-0.1, -0.05) is 44.2 Å². The summed E-state index contributed by atoms with van der Waals surface area (Å²) in [5, 5.41) is 9.25. The van der Waals surface area contributed by atoms with Crippen LogP contribution in [-0.2, 0) is 17.4 Å². The quantitative estimate of drug-likeness (QED) is 0.366. The minimum absolute atomic E-state index is 0.00557. The van der Waals surface area contributed by atoms with E-state index in [0.29, 0.717) is 29.0 Å². The van der Waals surface area contributed by atoms with Gasteiger partial charge in [-0.05, 0) is 79.1 Å². The molecule has 1 heterocycles. The molecule has 1 saturated heterocycles. The maximum absolute atomic E-state index is 13.3. The first kappa shape index (κ1) is 28.0. The van der Waals surface area contributed by atoms with E-state index >= 15 is 0 Å². The SMILES string of the molecule is CC(C)CC[C@@H](c1ccc(CC(=O)O)cc1-c1ccc(C(F)(F)F)cc1)N1CCC(C(F)(F)F)CC1. The summed E-state index contributed by atoms with van der Waals surface area (Å²) in [5.74, 6) is -2.03. The van der Waals surface area contributed by atoms with Gasteiger partial charge in [0.1, 0.15) is 0 Å². The second-order valence-electron chi connectivity index (χ2n) is 9.91. The fraction of sp³-hybridized carbons (Fsp3) is 0.519. The molecule has 1 fully saturated rings. The van der Waals surface area contributed by atoms with Crippen LogP contribution in [0, 0.1) is 11.8 Å². The maximum Gasteiger partial charge on any atom is 0.416 e. The van der Waals surface area contributed by atoms with E-state index in [1.165, 1.54) is 12.1 Å². The molecule has 0 amide bonds. The number of halogens is 6. The normalized spacial score (nSPS) is 16.9. The molecule has 1 N–H and O–H groups in total. The van der Waals surface area contributed by atoms with Crippen molar-refractivity contribution >= 4 is 5.97 Å². The van der Waals surface area contributed by atoms with Crippen LogP contribution in [0.2, 0.25) is 0 Å². The van der Waals surface area contributed by atoms with Crippen LogP contribution in [0.25, 0.3) is 11.1 Å². The molecule has 198 valence electrons. The molecule has 3 nitrogen and oxygen atoms in total. The zero-order valence-corrected chi connectivity index (χ0v) is 20.3. The molecular formula is C27H31F6NO2. The van der Waals surface area contributed by atoms with Crippen molar-refractivity contribution in [1.82, 2.24) is 4.90 Å². The third-order valence-electron chi connectivity index (χ3n) is 6.81. The largest absolute Gasteiger partial charge is 0.481 e. The standard InChI is InChI=1S/C27H31F6NO2/c1-17(2)3-10-24(34-13-11-21(12-14-34)27(31,32)33)22-9-4-18(16-25(35)36)15-23(22)19-5-7-20(8-6-19)26(28,29)30/h4-9,15,17,21,24H,3,10-14,16H2,1-2H3,(H,35,36)/t24-/m0/s1. The molecule has 0 aliphatic carbocycles. The van der Waals surface area contributed by atoms with Gasteiger partial charge in [-0.3, -0.25) is 9.69 Å². The van der Waals surface area contributed by atoms with E-state index in [9.17, 15) is 36.2 Å². The molecule has 0 radical (unpaired) electrons. The molecule has 9 heteroatoms. The van der Waals surface area contributed by atoms with Gasteiger partial charge in [0.25, 0.3) is 0 Å². The topological polar surface area (TPSA) is 40.5 Å². The third kappa shape index (κ3) is 7.24. The van der Waals surface area contributed by atoms with E-state index in [0.717, 1.165) is 24.1 Å². The van der Waals surface area contributed by atoms with Crippen molar-refractivity contribution in [2.75, 3.05) is 13.1 Å². The second kappa shape index (κ2) is 11.2. The highest BCUT2D eigenvalue weighted by atomic mass is 19.4. The van der Waals surface area contributed by atoms with Crippen molar-refractivity contribution in [2.24, 2.45) is 11.8 Å². The summed E-state index contributed by atoms with van der Waals surface area (Å²) in [5.41, 5.74) is 1.61. The highest BCUT2D eigenvalue weighted by Gasteiger charge is 2.42. The Labute approximate surface area is 207 Å². The number of carboxylic acids is 1. The first-order valence-electron chi connectivity index (χ1n) is 12.1. The van der Waals surface area contributed by atoms with Gasteiger partial charge in [-0.25, -0.2) is 0 Å². The zero-order chi connectivity index (χ0) is 26.7. The van der Waals surface area contributed by atoms with Crippen LogP contribution < -0.4 is 0 Å². The van der Waals surface area contributed by atoms with Crippen LogP contribution in [0.15, 0.2) is 42.5 Å². The Bertz CT molecular complexity index is 1020. The van der Waals surface area contributed by atoms with Crippen molar-refractivity contribution in [3.05, 3.63) is 59.2 Å². The summed E-state index contributed by atoms with van der Waals surface area (Å²) >= 11 is 0. The lowest BCUT2D eigenvalue weighted by molar-refractivity contribution is -0.186. The average Bonchev–Trinajstić information content (AvgIpc) is 2.78. The smallest absolute Gasteiger partial charge is 0.416 e. The van der Waals surface area contributed by atoms with Crippen molar-refractivity contribution in [3.63, 3.8) is 0 Å². The van der Waals surface area contributed by atoms with E-state index in [-0.39, 0.29) is 38.4 Å². The van der Waals surface area contributed by atoms with Gasteiger partial charge in [-0.15, -0.1) is 0 Å². The molecule has 3 rings (SSSR count). The molecule has 0 bridgehead atoms. The Morgan fingerprint density at radius 3 is 2.08 bits per heavy atom. The Hall–Kier alpha value is -2.55. The summed E-state index contributed by atoms with van der Waals surface area (Å²) in [4.78, 5) is 13.3. The van der Waals surface area contributed by atoms with Crippen LogP contribution in [0.5, 0.6) is 0 Å². The highest BCUT2D eigenvalue weighted by molar-refractivity contribution is 5.74. The van der Waals surface area contributed by atoms with Gasteiger partial charge >= 0.3 is 18.3 Å². The molecule has 2 aromatic carbocycles. The number of aliphatic carboxylic acids is 1. The maximum atomic E-state index is 13.3. The number of hydrogen-bond donors (Lipinski definition) is 1. The number of carboxylic acid groups (broad SMARTS) is 1. The number of rotatable bonds is 8. The number of nitrogens with zero attached hydrogens (tertiary/aromatic N) is 1. The summed E-state index contributed by atoms with van der Waals surface area (Å²) in [6.45, 7) is 4.63. The minimum Gasteiger partial charge on any atom is -0.481 e. The molecule has 1 aliphatic heterocycles. The number of piperidine rings is 1. The second-order valence-corrected chi connectivity index (χ2v) is 9.91. The number of likely N-dealkylation sites (tertiary alicyclic amines) is 1. The van der Waals surface area contributed by atoms with E-state index in [2.05, 4.69) is 13.8 Å². The lowest BCUT2D eigenvalue weighted by Gasteiger charge is -2.39. The average molecular weight is 516 g/mol. The fourth-order valence-corrected chi connectivity index (χ4v) is 4.83. The predicted octanol–water partition coefficient (Wildman–Crippen LogP) is 7.75. The molecule has 0 spiro atoms. The Morgan fingerprint density at radius 1 is 0.972 bits per heavy atom. The van der Waals surface area contributed by atoms with Crippen LogP contribution in [-0.4, -0.2) is 35.2 Å². The molecule has 1 atom stereocenters. The summed E-state index contributed by atoms with van der Waals surface area (Å²) in [6, 6.07) is 9.60. The molecule has 2 aromatic rings. The van der Waals surface area contributed by atoms with Crippen LogP contribution in [0.1, 0.15) is 62.3 Å². The fourth-order valence-electron chi connectivity index (χ4n) is 4.83. The van der Waals surface area contributed by atoms with E-state index < -0.39 is 29.8 Å². The molecule has 36 heavy (non-hydrogen) atoms. The Kier molecular flexibility index (Phi) is 8.75. The van der Waals surface area contributed by atoms with Gasteiger partial charge in [0.05, 0.1) is 17.9 Å². The molecule has 0 aromatic heterocycles. The summed E-state index contributed by atoms with van der Waals surface area (Å²) in [7, 11) is 0. The lowest BCUT2D eigenvalue weighted by atomic mass is 9.86. The van der Waals surface area contributed by atoms with Gasteiger partial charge in [0.15, 0.2) is 0 Å². The zero-order valence-electron chi connectivity index (χ0n) is 20.3. The van der Waals surface area contributed by atoms with Crippen molar-refractivity contribution in [1.29, 1.82) is 0 Å². The van der Waals surface area contributed by atoms with Gasteiger partial charge in [0, 0.05) is 6.04 Å². The highest BCUT2D eigenvalue weighted by Crippen LogP contribution is 2.41. The van der Waals surface area contributed by atoms with E-state index in [1.54, 1.807) is 18.2 Å². The number of carbonyl (C=O) groups is 1. The van der Waals surface area contributed by atoms with Crippen LogP contribution in [0.3, 0.4) is 0 Å². The third-order valence-corrected chi connectivity index (χ3v) is 6.81. The predicted molar refractivity (Wildman–Crippen MR) is 125 cm³/mol. The van der Waals surface area contributed by atoms with Crippen molar-refractivity contribution in [3.8, 4) is 11.1 Å². The Morgan fingerprint density at radius 2 is 1.58 bits per heavy atom. The molecule has 1 aliphatic rings. The van der Waals surface area contributed by atoms with E-state index in [1.807, 2.05) is 4.90 Å². The first-order valence-corrected chi connectivity index (χ1v) is 12.1. The van der Waals surface area contributed by atoms with Crippen LogP contribution >= 0.6 is 0 Å². The van der Waals surface area contributed by atoms with Crippen molar-refractivity contribution < 1.29 is 36.2 Å². The number of alkyl halides is 6.